The first-order chi connectivity index (χ1) is 5.72. The first-order valence-electron chi connectivity index (χ1n) is 3.28. The normalized spacial score (nSPS) is 11.3. The maximum Gasteiger partial charge on any atom is 0.208 e. The van der Waals surface area contributed by atoms with Gasteiger partial charge in [0.25, 0.3) is 0 Å². The van der Waals surface area contributed by atoms with E-state index in [1.54, 1.807) is 0 Å². The number of nitrogens with one attached hydrogen (secondary N) is 1. The summed E-state index contributed by atoms with van der Waals surface area (Å²) in [6.45, 7) is 0. The van der Waals surface area contributed by atoms with E-state index in [1.165, 1.54) is 0 Å². The van der Waals surface area contributed by atoms with Crippen LogP contribution in [0.1, 0.15) is 0 Å². The van der Waals surface area contributed by atoms with Crippen LogP contribution in [0.15, 0.2) is 29.3 Å². The summed E-state index contributed by atoms with van der Waals surface area (Å²) in [5, 5.41) is 0. The number of halogens is 1. The second kappa shape index (κ2) is 4.27. The van der Waals surface area contributed by atoms with Gasteiger partial charge in [0.05, 0.1) is 5.69 Å². The number of hydrogen-bond donors (Lipinski definition) is 3. The third-order valence-electron chi connectivity index (χ3n) is 1.21. The fourth-order valence-corrected chi connectivity index (χ4v) is 1.24. The van der Waals surface area contributed by atoms with Crippen molar-refractivity contribution in [3.05, 3.63) is 27.8 Å². The third-order valence-corrected chi connectivity index (χ3v) is 1.88. The third kappa shape index (κ3) is 2.67. The molecule has 0 aromatic heterocycles. The Balaban J connectivity index is 2.89. The number of hydrazine groups is 1. The number of aliphatic imine (C=N–C) groups is 1. The molecule has 0 aliphatic carbocycles. The van der Waals surface area contributed by atoms with Gasteiger partial charge in [0, 0.05) is 3.57 Å². The molecule has 0 bridgehead atoms. The van der Waals surface area contributed by atoms with Crippen molar-refractivity contribution in [2.45, 2.75) is 0 Å². The number of benzene rings is 1. The van der Waals surface area contributed by atoms with Gasteiger partial charge >= 0.3 is 0 Å². The Labute approximate surface area is 84.2 Å². The van der Waals surface area contributed by atoms with E-state index in [-0.39, 0.29) is 5.96 Å². The molecule has 0 saturated heterocycles. The molecular formula is C7H9IN4. The van der Waals surface area contributed by atoms with E-state index in [2.05, 4.69) is 33.0 Å². The minimum atomic E-state index is 0.206. The summed E-state index contributed by atoms with van der Waals surface area (Å²) in [5.74, 6) is 5.26. The molecule has 4 nitrogen and oxygen atoms in total. The minimum Gasteiger partial charge on any atom is -0.369 e. The Hall–Kier alpha value is -0.820. The van der Waals surface area contributed by atoms with Crippen LogP contribution >= 0.6 is 22.6 Å². The largest absolute Gasteiger partial charge is 0.369 e. The van der Waals surface area contributed by atoms with Crippen LogP contribution in [0.25, 0.3) is 0 Å². The second-order valence-corrected chi connectivity index (χ2v) is 3.37. The molecule has 0 saturated carbocycles. The van der Waals surface area contributed by atoms with E-state index in [0.717, 1.165) is 9.26 Å². The van der Waals surface area contributed by atoms with Crippen LogP contribution in [0.5, 0.6) is 0 Å². The average Bonchev–Trinajstić information content (AvgIpc) is 2.04. The van der Waals surface area contributed by atoms with Crippen molar-refractivity contribution in [2.24, 2.45) is 16.6 Å². The van der Waals surface area contributed by atoms with Gasteiger partial charge in [0.2, 0.25) is 5.96 Å². The minimum absolute atomic E-state index is 0.206. The molecule has 64 valence electrons. The topological polar surface area (TPSA) is 76.4 Å². The van der Waals surface area contributed by atoms with Gasteiger partial charge in [-0.05, 0) is 40.8 Å². The van der Waals surface area contributed by atoms with Gasteiger partial charge in [0.15, 0.2) is 0 Å². The van der Waals surface area contributed by atoms with Gasteiger partial charge in [-0.2, -0.15) is 0 Å². The highest BCUT2D eigenvalue weighted by molar-refractivity contribution is 14.1. The van der Waals surface area contributed by atoms with Gasteiger partial charge in [-0.3, -0.25) is 5.43 Å². The summed E-state index contributed by atoms with van der Waals surface area (Å²) in [5.41, 5.74) is 8.41. The summed E-state index contributed by atoms with van der Waals surface area (Å²) < 4.78 is 1.11. The summed E-state index contributed by atoms with van der Waals surface area (Å²) in [6.07, 6.45) is 0. The molecule has 1 aromatic carbocycles. The highest BCUT2D eigenvalue weighted by atomic mass is 127. The zero-order chi connectivity index (χ0) is 8.97. The molecule has 0 fully saturated rings. The summed E-state index contributed by atoms with van der Waals surface area (Å²) in [7, 11) is 0. The molecule has 0 heterocycles. The number of nitrogens with zero attached hydrogens (tertiary/aromatic N) is 1. The molecule has 0 unspecified atom stereocenters. The van der Waals surface area contributed by atoms with Crippen molar-refractivity contribution in [1.82, 2.24) is 5.43 Å². The van der Waals surface area contributed by atoms with Crippen molar-refractivity contribution in [3.63, 3.8) is 0 Å². The summed E-state index contributed by atoms with van der Waals surface area (Å²) >= 11 is 2.20. The van der Waals surface area contributed by atoms with Gasteiger partial charge < -0.3 is 5.73 Å². The van der Waals surface area contributed by atoms with E-state index in [4.69, 9.17) is 11.6 Å². The molecule has 0 radical (unpaired) electrons. The first kappa shape index (κ1) is 9.27. The Morgan fingerprint density at radius 2 is 2.25 bits per heavy atom. The maximum absolute atomic E-state index is 5.37. The monoisotopic (exact) mass is 276 g/mol. The van der Waals surface area contributed by atoms with Crippen molar-refractivity contribution in [2.75, 3.05) is 0 Å². The standard InChI is InChI=1S/C7H9IN4/c8-5-2-1-3-6(4-5)11-7(9)12-10/h1-4H,10H2,(H3,9,11,12). The van der Waals surface area contributed by atoms with Crippen molar-refractivity contribution < 1.29 is 0 Å². The quantitative estimate of drug-likeness (QED) is 0.232. The molecule has 5 N–H and O–H groups in total. The Morgan fingerprint density at radius 1 is 1.50 bits per heavy atom. The molecule has 0 spiro atoms. The number of nitrogens with two attached hydrogens (primary N) is 2. The summed E-state index contributed by atoms with van der Waals surface area (Å²) in [6, 6.07) is 7.65. The average molecular weight is 276 g/mol. The predicted octanol–water partition coefficient (Wildman–Crippen LogP) is 0.701. The molecule has 0 aliphatic rings. The Kier molecular flexibility index (Phi) is 3.30. The van der Waals surface area contributed by atoms with Crippen LogP contribution in [-0.2, 0) is 0 Å². The lowest BCUT2D eigenvalue weighted by Crippen LogP contribution is -2.36. The number of hydrogen-bond acceptors (Lipinski definition) is 2. The molecule has 0 amide bonds. The van der Waals surface area contributed by atoms with Crippen LogP contribution in [0.3, 0.4) is 0 Å². The van der Waals surface area contributed by atoms with Crippen molar-refractivity contribution in [3.8, 4) is 0 Å². The highest BCUT2D eigenvalue weighted by Gasteiger charge is 1.91. The smallest absolute Gasteiger partial charge is 0.208 e. The zero-order valence-corrected chi connectivity index (χ0v) is 8.45. The maximum atomic E-state index is 5.37. The van der Waals surface area contributed by atoms with E-state index in [0.29, 0.717) is 0 Å². The molecule has 1 rings (SSSR count). The van der Waals surface area contributed by atoms with Gasteiger partial charge in [-0.25, -0.2) is 10.8 Å². The molecule has 0 aliphatic heterocycles. The van der Waals surface area contributed by atoms with Crippen LogP contribution < -0.4 is 17.0 Å². The van der Waals surface area contributed by atoms with E-state index >= 15 is 0 Å². The van der Waals surface area contributed by atoms with Gasteiger partial charge in [-0.1, -0.05) is 6.07 Å². The molecule has 0 atom stereocenters. The fraction of sp³-hybridized carbons (Fsp3) is 0. The van der Waals surface area contributed by atoms with Gasteiger partial charge in [0.1, 0.15) is 0 Å². The molecule has 5 heteroatoms. The zero-order valence-electron chi connectivity index (χ0n) is 6.29. The van der Waals surface area contributed by atoms with E-state index < -0.39 is 0 Å². The predicted molar refractivity (Wildman–Crippen MR) is 57.8 cm³/mol. The number of rotatable bonds is 1. The van der Waals surface area contributed by atoms with E-state index in [1.807, 2.05) is 24.3 Å². The van der Waals surface area contributed by atoms with Crippen molar-refractivity contribution >= 4 is 34.2 Å². The summed E-state index contributed by atoms with van der Waals surface area (Å²) in [4.78, 5) is 3.99. The highest BCUT2D eigenvalue weighted by Crippen LogP contribution is 2.14. The van der Waals surface area contributed by atoms with Crippen molar-refractivity contribution in [1.29, 1.82) is 0 Å². The van der Waals surface area contributed by atoms with Crippen LogP contribution in [0.4, 0.5) is 5.69 Å². The Bertz CT molecular complexity index is 297. The van der Waals surface area contributed by atoms with Crippen LogP contribution in [0, 0.1) is 3.57 Å². The lowest BCUT2D eigenvalue weighted by atomic mass is 10.3. The molecule has 12 heavy (non-hydrogen) atoms. The van der Waals surface area contributed by atoms with E-state index in [9.17, 15) is 0 Å². The lowest BCUT2D eigenvalue weighted by Gasteiger charge is -1.98. The SMILES string of the molecule is NNC(N)=Nc1cccc(I)c1. The first-order valence-corrected chi connectivity index (χ1v) is 4.36. The lowest BCUT2D eigenvalue weighted by molar-refractivity contribution is 1.01. The van der Waals surface area contributed by atoms with Crippen LogP contribution in [0.2, 0.25) is 0 Å². The molecular weight excluding hydrogens is 267 g/mol. The van der Waals surface area contributed by atoms with Crippen LogP contribution in [-0.4, -0.2) is 5.96 Å². The number of guanidine groups is 1. The Morgan fingerprint density at radius 3 is 2.83 bits per heavy atom. The fourth-order valence-electron chi connectivity index (χ4n) is 0.717. The second-order valence-electron chi connectivity index (χ2n) is 2.12. The van der Waals surface area contributed by atoms with Gasteiger partial charge in [-0.15, -0.1) is 0 Å². The molecule has 1 aromatic rings.